The van der Waals surface area contributed by atoms with Crippen LogP contribution in [-0.2, 0) is 0 Å². The van der Waals surface area contributed by atoms with Gasteiger partial charge in [0.2, 0.25) is 0 Å². The summed E-state index contributed by atoms with van der Waals surface area (Å²) >= 11 is 0. The van der Waals surface area contributed by atoms with Crippen LogP contribution in [0.1, 0.15) is 13.8 Å². The molecule has 1 fully saturated rings. The van der Waals surface area contributed by atoms with Gasteiger partial charge >= 0.3 is 0 Å². The van der Waals surface area contributed by atoms with E-state index in [1.165, 1.54) is 6.08 Å². The van der Waals surface area contributed by atoms with Crippen molar-refractivity contribution in [2.24, 2.45) is 23.0 Å². The van der Waals surface area contributed by atoms with Gasteiger partial charge in [-0.1, -0.05) is 19.9 Å². The molecule has 3 heteroatoms. The average molecular weight is 196 g/mol. The number of hydrogen-bond donors (Lipinski definition) is 2. The number of halogens is 1. The lowest BCUT2D eigenvalue weighted by molar-refractivity contribution is 0.115. The van der Waals surface area contributed by atoms with Crippen LogP contribution in [-0.4, -0.2) is 12.7 Å². The molecule has 2 aliphatic rings. The Kier molecular flexibility index (Phi) is 2.24. The molecule has 14 heavy (non-hydrogen) atoms. The van der Waals surface area contributed by atoms with Crippen LogP contribution in [0.5, 0.6) is 0 Å². The first-order valence-electron chi connectivity index (χ1n) is 5.05. The molecule has 3 N–H and O–H groups in total. The van der Waals surface area contributed by atoms with Crippen molar-refractivity contribution in [2.75, 3.05) is 6.54 Å². The van der Waals surface area contributed by atoms with Gasteiger partial charge in [0, 0.05) is 12.5 Å². The van der Waals surface area contributed by atoms with E-state index in [1.807, 2.05) is 6.08 Å². The quantitative estimate of drug-likeness (QED) is 0.617. The van der Waals surface area contributed by atoms with E-state index in [9.17, 15) is 4.39 Å². The summed E-state index contributed by atoms with van der Waals surface area (Å²) in [6.07, 6.45) is 5.07. The largest absolute Gasteiger partial charge is 0.315 e. The third kappa shape index (κ3) is 1.51. The summed E-state index contributed by atoms with van der Waals surface area (Å²) in [5.74, 6) is 0.301. The van der Waals surface area contributed by atoms with Crippen LogP contribution in [0.3, 0.4) is 0 Å². The van der Waals surface area contributed by atoms with Crippen LogP contribution in [0.2, 0.25) is 0 Å². The fourth-order valence-electron chi connectivity index (χ4n) is 2.39. The molecule has 1 saturated heterocycles. The van der Waals surface area contributed by atoms with Gasteiger partial charge in [0.1, 0.15) is 5.83 Å². The molecule has 1 aliphatic heterocycles. The third-order valence-corrected chi connectivity index (χ3v) is 3.34. The van der Waals surface area contributed by atoms with Crippen LogP contribution in [0.15, 0.2) is 24.1 Å². The summed E-state index contributed by atoms with van der Waals surface area (Å²) in [6.45, 7) is 5.13. The summed E-state index contributed by atoms with van der Waals surface area (Å²) in [7, 11) is 0. The molecule has 1 heterocycles. The molecular weight excluding hydrogens is 179 g/mol. The number of piperidine rings is 1. The van der Waals surface area contributed by atoms with Crippen LogP contribution < -0.4 is 11.1 Å². The van der Waals surface area contributed by atoms with Gasteiger partial charge in [0.05, 0.1) is 6.17 Å². The first kappa shape index (κ1) is 9.87. The highest BCUT2D eigenvalue weighted by Crippen LogP contribution is 2.41. The molecule has 0 radical (unpaired) electrons. The topological polar surface area (TPSA) is 38.0 Å². The predicted molar refractivity (Wildman–Crippen MR) is 55.1 cm³/mol. The Bertz CT molecular complexity index is 294. The minimum Gasteiger partial charge on any atom is -0.315 e. The fraction of sp³-hybridized carbons (Fsp3) is 0.636. The van der Waals surface area contributed by atoms with Crippen molar-refractivity contribution in [3.63, 3.8) is 0 Å². The Morgan fingerprint density at radius 1 is 1.57 bits per heavy atom. The second-order valence-electron chi connectivity index (χ2n) is 4.91. The lowest BCUT2D eigenvalue weighted by atomic mass is 9.66. The van der Waals surface area contributed by atoms with Crippen LogP contribution >= 0.6 is 0 Å². The summed E-state index contributed by atoms with van der Waals surface area (Å²) in [5, 5.41) is 3.26. The molecule has 0 amide bonds. The van der Waals surface area contributed by atoms with Crippen molar-refractivity contribution < 1.29 is 4.39 Å². The Morgan fingerprint density at radius 2 is 2.29 bits per heavy atom. The molecule has 2 rings (SSSR count). The maximum absolute atomic E-state index is 13.1. The minimum absolute atomic E-state index is 0.0476. The van der Waals surface area contributed by atoms with Gasteiger partial charge in [-0.3, -0.25) is 0 Å². The molecule has 0 spiro atoms. The lowest BCUT2D eigenvalue weighted by Crippen LogP contribution is -2.58. The molecule has 0 aromatic carbocycles. The molecule has 0 saturated carbocycles. The minimum atomic E-state index is -0.131. The maximum atomic E-state index is 13.1. The summed E-state index contributed by atoms with van der Waals surface area (Å²) < 4.78 is 13.1. The molecule has 3 atom stereocenters. The highest BCUT2D eigenvalue weighted by atomic mass is 19.1. The number of allylic oxidation sites excluding steroid dienone is 3. The first-order chi connectivity index (χ1) is 6.50. The smallest absolute Gasteiger partial charge is 0.119 e. The highest BCUT2D eigenvalue weighted by Gasteiger charge is 2.41. The molecule has 0 bridgehead atoms. The Labute approximate surface area is 84.1 Å². The van der Waals surface area contributed by atoms with Gasteiger partial charge in [0.25, 0.3) is 0 Å². The zero-order chi connectivity index (χ0) is 10.3. The second-order valence-corrected chi connectivity index (χ2v) is 4.91. The van der Waals surface area contributed by atoms with Gasteiger partial charge in [-0.15, -0.1) is 0 Å². The van der Waals surface area contributed by atoms with Gasteiger partial charge in [0.15, 0.2) is 0 Å². The molecule has 0 aromatic rings. The van der Waals surface area contributed by atoms with Crippen molar-refractivity contribution in [3.05, 3.63) is 24.1 Å². The van der Waals surface area contributed by atoms with Crippen molar-refractivity contribution in [2.45, 2.75) is 20.0 Å². The van der Waals surface area contributed by atoms with Gasteiger partial charge in [-0.05, 0) is 23.5 Å². The molecule has 2 nitrogen and oxygen atoms in total. The summed E-state index contributed by atoms with van der Waals surface area (Å²) in [6, 6.07) is 0. The summed E-state index contributed by atoms with van der Waals surface area (Å²) in [5.41, 5.74) is 6.01. The average Bonchev–Trinajstić information content (AvgIpc) is 2.12. The van der Waals surface area contributed by atoms with Gasteiger partial charge in [-0.25, -0.2) is 4.39 Å². The molecule has 3 unspecified atom stereocenters. The Balaban J connectivity index is 2.31. The SMILES string of the molecule is CC1(C)CNC(N)C2C=CC(F)=CC21. The number of fused-ring (bicyclic) bond motifs is 1. The lowest BCUT2D eigenvalue weighted by Gasteiger charge is -2.46. The zero-order valence-electron chi connectivity index (χ0n) is 8.63. The Morgan fingerprint density at radius 3 is 3.00 bits per heavy atom. The molecule has 78 valence electrons. The van der Waals surface area contributed by atoms with Gasteiger partial charge in [-0.2, -0.15) is 0 Å². The molecule has 1 aliphatic carbocycles. The van der Waals surface area contributed by atoms with E-state index in [0.717, 1.165) is 6.54 Å². The predicted octanol–water partition coefficient (Wildman–Crippen LogP) is 1.56. The van der Waals surface area contributed by atoms with E-state index in [1.54, 1.807) is 6.08 Å². The number of rotatable bonds is 0. The monoisotopic (exact) mass is 196 g/mol. The van der Waals surface area contributed by atoms with E-state index < -0.39 is 0 Å². The van der Waals surface area contributed by atoms with Crippen LogP contribution in [0.25, 0.3) is 0 Å². The van der Waals surface area contributed by atoms with Crippen molar-refractivity contribution >= 4 is 0 Å². The zero-order valence-corrected chi connectivity index (χ0v) is 8.63. The molecular formula is C11H17FN2. The van der Waals surface area contributed by atoms with Crippen molar-refractivity contribution in [1.82, 2.24) is 5.32 Å². The second kappa shape index (κ2) is 3.17. The van der Waals surface area contributed by atoms with E-state index in [2.05, 4.69) is 19.2 Å². The summed E-state index contributed by atoms with van der Waals surface area (Å²) in [4.78, 5) is 0. The van der Waals surface area contributed by atoms with E-state index >= 15 is 0 Å². The number of nitrogens with one attached hydrogen (secondary N) is 1. The normalized spacial score (nSPS) is 40.3. The van der Waals surface area contributed by atoms with E-state index in [0.29, 0.717) is 0 Å². The highest BCUT2D eigenvalue weighted by molar-refractivity contribution is 5.24. The third-order valence-electron chi connectivity index (χ3n) is 3.34. The van der Waals surface area contributed by atoms with Crippen LogP contribution in [0, 0.1) is 17.3 Å². The maximum Gasteiger partial charge on any atom is 0.119 e. The Hall–Kier alpha value is -0.670. The van der Waals surface area contributed by atoms with Gasteiger partial charge < -0.3 is 11.1 Å². The number of hydrogen-bond acceptors (Lipinski definition) is 2. The van der Waals surface area contributed by atoms with E-state index in [-0.39, 0.29) is 29.2 Å². The first-order valence-corrected chi connectivity index (χ1v) is 5.05. The fourth-order valence-corrected chi connectivity index (χ4v) is 2.39. The van der Waals surface area contributed by atoms with Crippen molar-refractivity contribution in [3.8, 4) is 0 Å². The number of nitrogens with two attached hydrogens (primary N) is 1. The van der Waals surface area contributed by atoms with Crippen LogP contribution in [0.4, 0.5) is 4.39 Å². The van der Waals surface area contributed by atoms with E-state index in [4.69, 9.17) is 5.73 Å². The molecule has 0 aromatic heterocycles. The standard InChI is InChI=1S/C11H17FN2/c1-11(2)6-14-10(13)8-4-3-7(12)5-9(8)11/h3-5,8-10,14H,6,13H2,1-2H3. The van der Waals surface area contributed by atoms with Crippen molar-refractivity contribution in [1.29, 1.82) is 0 Å².